The van der Waals surface area contributed by atoms with Gasteiger partial charge in [0, 0.05) is 18.8 Å². The van der Waals surface area contributed by atoms with Gasteiger partial charge in [-0.1, -0.05) is 32.1 Å². The van der Waals surface area contributed by atoms with Gasteiger partial charge >= 0.3 is 23.0 Å². The fourth-order valence-corrected chi connectivity index (χ4v) is 2.56. The van der Waals surface area contributed by atoms with Crippen molar-refractivity contribution < 1.29 is 32.1 Å². The number of unbranched alkanes of at least 4 members (excludes halogenated alkanes) is 4. The monoisotopic (exact) mass is 410 g/mol. The molecule has 2 aliphatic carbocycles. The van der Waals surface area contributed by atoms with E-state index in [1.54, 1.807) is 0 Å². The zero-order valence-corrected chi connectivity index (χ0v) is 17.1. The molecule has 146 valence electrons. The van der Waals surface area contributed by atoms with E-state index in [4.69, 9.17) is 5.11 Å². The van der Waals surface area contributed by atoms with E-state index in [0.717, 1.165) is 24.7 Å². The van der Waals surface area contributed by atoms with Crippen LogP contribution in [0.15, 0.2) is 0 Å². The Hall–Kier alpha value is -0.491. The predicted molar refractivity (Wildman–Crippen MR) is 105 cm³/mol. The SMILES string of the molecule is CCCCCCC#C[C]1[CH][CH][CH][C]1[C@@H](O)CCCC(=O)O.[CH]1[CH][CH][CH][CH]1.[Fe+2]. The molecule has 0 aliphatic heterocycles. The molecule has 0 aromatic carbocycles. The minimum absolute atomic E-state index is 0. The Labute approximate surface area is 177 Å². The molecule has 4 heteroatoms. The predicted octanol–water partition coefficient (Wildman–Crippen LogP) is 4.37. The van der Waals surface area contributed by atoms with E-state index in [1.807, 2.05) is 51.4 Å². The molecule has 0 saturated heterocycles. The molecule has 2 aliphatic rings. The Bertz CT molecular complexity index is 415. The molecule has 0 unspecified atom stereocenters. The number of rotatable bonds is 9. The van der Waals surface area contributed by atoms with Crippen LogP contribution in [0.5, 0.6) is 0 Å². The quantitative estimate of drug-likeness (QED) is 0.337. The Kier molecular flexibility index (Phi) is 17.3. The standard InChI is InChI=1S/C18H25O3.C5H5.Fe/c1-2-3-4-5-6-7-10-15-11-8-12-16(15)17(19)13-9-14-18(20)21;1-2-4-5-3-1;/h8,11-12,17,19H,2-6,9,13-14H2,1H3,(H,20,21);1-5H;/q;;+2/t17-;;/m0../s1. The van der Waals surface area contributed by atoms with Gasteiger partial charge in [0.25, 0.3) is 0 Å². The van der Waals surface area contributed by atoms with Gasteiger partial charge in [0.15, 0.2) is 0 Å². The van der Waals surface area contributed by atoms with Crippen molar-refractivity contribution in [1.29, 1.82) is 0 Å². The first-order valence-electron chi connectivity index (χ1n) is 9.46. The number of hydrogen-bond donors (Lipinski definition) is 2. The first-order chi connectivity index (χ1) is 12.6. The van der Waals surface area contributed by atoms with E-state index < -0.39 is 12.1 Å². The van der Waals surface area contributed by atoms with Gasteiger partial charge in [-0.3, -0.25) is 4.79 Å². The van der Waals surface area contributed by atoms with Crippen LogP contribution in [0.3, 0.4) is 0 Å². The molecular formula is C23H30FeO3+2. The van der Waals surface area contributed by atoms with E-state index in [1.165, 1.54) is 19.3 Å². The summed E-state index contributed by atoms with van der Waals surface area (Å²) in [5.74, 6) is 7.15. The molecular weight excluding hydrogens is 380 g/mol. The second-order valence-corrected chi connectivity index (χ2v) is 6.27. The Morgan fingerprint density at radius 3 is 2.26 bits per heavy atom. The van der Waals surface area contributed by atoms with E-state index in [0.29, 0.717) is 12.8 Å². The maximum atomic E-state index is 10.5. The average molecular weight is 410 g/mol. The molecule has 2 N–H and O–H groups in total. The molecule has 2 rings (SSSR count). The number of aliphatic carboxylic acids is 1. The van der Waals surface area contributed by atoms with Crippen LogP contribution in [0.25, 0.3) is 0 Å². The minimum Gasteiger partial charge on any atom is -0.481 e. The van der Waals surface area contributed by atoms with Gasteiger partial charge in [0.05, 0.1) is 12.0 Å². The zero-order valence-electron chi connectivity index (χ0n) is 16.0. The van der Waals surface area contributed by atoms with Crippen molar-refractivity contribution in [2.24, 2.45) is 0 Å². The Morgan fingerprint density at radius 2 is 1.67 bits per heavy atom. The number of hydrogen-bond acceptors (Lipinski definition) is 2. The summed E-state index contributed by atoms with van der Waals surface area (Å²) in [6.07, 6.45) is 21.8. The van der Waals surface area contributed by atoms with E-state index in [2.05, 4.69) is 18.8 Å². The Balaban J connectivity index is 0.000000969. The van der Waals surface area contributed by atoms with Crippen molar-refractivity contribution >= 4 is 5.97 Å². The first-order valence-corrected chi connectivity index (χ1v) is 9.46. The molecule has 2 saturated carbocycles. The third kappa shape index (κ3) is 13.3. The third-order valence-corrected chi connectivity index (χ3v) is 4.01. The topological polar surface area (TPSA) is 57.5 Å². The summed E-state index contributed by atoms with van der Waals surface area (Å²) in [6, 6.07) is 0. The average Bonchev–Trinajstić information content (AvgIpc) is 3.31. The number of carbonyl (C=O) groups is 1. The normalized spacial score (nSPS) is 18.0. The summed E-state index contributed by atoms with van der Waals surface area (Å²) >= 11 is 0. The molecule has 10 radical (unpaired) electrons. The van der Waals surface area contributed by atoms with Crippen LogP contribution in [-0.4, -0.2) is 22.3 Å². The van der Waals surface area contributed by atoms with Crippen LogP contribution in [0.4, 0.5) is 0 Å². The van der Waals surface area contributed by atoms with Crippen LogP contribution in [0, 0.1) is 75.0 Å². The van der Waals surface area contributed by atoms with Crippen LogP contribution >= 0.6 is 0 Å². The first kappa shape index (κ1) is 26.5. The van der Waals surface area contributed by atoms with Crippen LogP contribution < -0.4 is 0 Å². The van der Waals surface area contributed by atoms with Gasteiger partial charge in [0.2, 0.25) is 0 Å². The molecule has 2 fully saturated rings. The Morgan fingerprint density at radius 1 is 1.00 bits per heavy atom. The molecule has 0 aromatic heterocycles. The summed E-state index contributed by atoms with van der Waals surface area (Å²) in [7, 11) is 0. The van der Waals surface area contributed by atoms with E-state index in [-0.39, 0.29) is 23.5 Å². The number of carboxylic acids is 1. The number of aliphatic hydroxyl groups excluding tert-OH is 1. The number of carboxylic acid groups (broad SMARTS) is 1. The van der Waals surface area contributed by atoms with Gasteiger partial charge in [0.1, 0.15) is 0 Å². The van der Waals surface area contributed by atoms with Gasteiger partial charge in [-0.2, -0.15) is 0 Å². The van der Waals surface area contributed by atoms with Crippen molar-refractivity contribution in [3.63, 3.8) is 0 Å². The van der Waals surface area contributed by atoms with Crippen molar-refractivity contribution in [1.82, 2.24) is 0 Å². The second kappa shape index (κ2) is 17.6. The van der Waals surface area contributed by atoms with Crippen molar-refractivity contribution in [3.05, 3.63) is 63.2 Å². The molecule has 27 heavy (non-hydrogen) atoms. The summed E-state index contributed by atoms with van der Waals surface area (Å²) < 4.78 is 0. The minimum atomic E-state index is -0.822. The smallest absolute Gasteiger partial charge is 0.481 e. The fraction of sp³-hybridized carbons (Fsp3) is 0.435. The summed E-state index contributed by atoms with van der Waals surface area (Å²) in [5, 5.41) is 18.7. The molecule has 3 nitrogen and oxygen atoms in total. The summed E-state index contributed by atoms with van der Waals surface area (Å²) in [6.45, 7) is 2.19. The molecule has 0 amide bonds. The van der Waals surface area contributed by atoms with E-state index >= 15 is 0 Å². The second-order valence-electron chi connectivity index (χ2n) is 6.27. The van der Waals surface area contributed by atoms with Crippen LogP contribution in [0.2, 0.25) is 0 Å². The van der Waals surface area contributed by atoms with Crippen LogP contribution in [-0.2, 0) is 21.9 Å². The maximum absolute atomic E-state index is 10.5. The molecule has 0 aromatic rings. The van der Waals surface area contributed by atoms with Crippen molar-refractivity contribution in [2.45, 2.75) is 64.4 Å². The van der Waals surface area contributed by atoms with Gasteiger partial charge in [-0.25, -0.2) is 0 Å². The molecule has 1 atom stereocenters. The number of aliphatic hydroxyl groups is 1. The van der Waals surface area contributed by atoms with Gasteiger partial charge in [-0.15, -0.1) is 5.92 Å². The van der Waals surface area contributed by atoms with Gasteiger partial charge < -0.3 is 10.2 Å². The third-order valence-electron chi connectivity index (χ3n) is 4.01. The zero-order chi connectivity index (χ0) is 19.0. The molecule has 0 heterocycles. The largest absolute Gasteiger partial charge is 2.00 e. The van der Waals surface area contributed by atoms with Crippen molar-refractivity contribution in [3.8, 4) is 11.8 Å². The van der Waals surface area contributed by atoms with Crippen LogP contribution in [0.1, 0.15) is 58.3 Å². The fourth-order valence-electron chi connectivity index (χ4n) is 2.56. The van der Waals surface area contributed by atoms with Gasteiger partial charge in [-0.05, 0) is 70.6 Å². The maximum Gasteiger partial charge on any atom is 2.00 e. The summed E-state index contributed by atoms with van der Waals surface area (Å²) in [5.41, 5.74) is 0. The van der Waals surface area contributed by atoms with Crippen molar-refractivity contribution in [2.75, 3.05) is 0 Å². The molecule has 0 bridgehead atoms. The molecule has 0 spiro atoms. The summed E-state index contributed by atoms with van der Waals surface area (Å²) in [4.78, 5) is 10.5. The van der Waals surface area contributed by atoms with E-state index in [9.17, 15) is 9.90 Å².